The number of carbonyl (C=O) groups excluding carboxylic acids is 2. The van der Waals surface area contributed by atoms with E-state index in [4.69, 9.17) is 4.74 Å². The fourth-order valence-electron chi connectivity index (χ4n) is 4.46. The number of para-hydroxylation sites is 2. The SMILES string of the molecule is CCOc1ccccc1NC(=O)N(CCN1CCCC1)CC(=O)N(Cc1ccc(F)cc1)Cc1cccs1. The maximum atomic E-state index is 13.7. The molecule has 3 aromatic rings. The molecule has 1 aliphatic heterocycles. The molecule has 1 aliphatic rings. The van der Waals surface area contributed by atoms with E-state index in [9.17, 15) is 14.0 Å². The first-order chi connectivity index (χ1) is 18.5. The Bertz CT molecular complexity index is 1170. The third kappa shape index (κ3) is 8.03. The second-order valence-corrected chi connectivity index (χ2v) is 10.3. The number of carbonyl (C=O) groups is 2. The molecule has 0 saturated carbocycles. The standard InChI is InChI=1S/C29H35FN4O3S/c1-2-37-27-10-4-3-9-26(27)31-29(36)33(18-17-32-15-5-6-16-32)22-28(35)34(21-25-8-7-19-38-25)20-23-11-13-24(30)14-12-23/h3-4,7-14,19H,2,5-6,15-18,20-22H2,1H3,(H,31,36). The zero-order chi connectivity index (χ0) is 26.7. The van der Waals surface area contributed by atoms with Gasteiger partial charge < -0.3 is 24.8 Å². The predicted molar refractivity (Wildman–Crippen MR) is 149 cm³/mol. The summed E-state index contributed by atoms with van der Waals surface area (Å²) in [5, 5.41) is 4.92. The Kier molecular flexibility index (Phi) is 10.1. The number of likely N-dealkylation sites (tertiary alicyclic amines) is 1. The zero-order valence-electron chi connectivity index (χ0n) is 21.8. The quantitative estimate of drug-likeness (QED) is 0.333. The highest BCUT2D eigenvalue weighted by Crippen LogP contribution is 2.24. The number of urea groups is 1. The fourth-order valence-corrected chi connectivity index (χ4v) is 5.18. The summed E-state index contributed by atoms with van der Waals surface area (Å²) in [4.78, 5) is 33.8. The van der Waals surface area contributed by atoms with E-state index in [1.54, 1.807) is 39.3 Å². The van der Waals surface area contributed by atoms with Gasteiger partial charge >= 0.3 is 6.03 Å². The molecular weight excluding hydrogens is 503 g/mol. The Hall–Kier alpha value is -3.43. The van der Waals surface area contributed by atoms with Crippen molar-refractivity contribution >= 4 is 29.0 Å². The van der Waals surface area contributed by atoms with Gasteiger partial charge in [-0.2, -0.15) is 0 Å². The molecule has 9 heteroatoms. The average Bonchev–Trinajstić information content (AvgIpc) is 3.63. The van der Waals surface area contributed by atoms with Gasteiger partial charge in [0.1, 0.15) is 18.1 Å². The van der Waals surface area contributed by atoms with Crippen molar-refractivity contribution in [2.75, 3.05) is 44.6 Å². The summed E-state index contributed by atoms with van der Waals surface area (Å²) < 4.78 is 19.1. The van der Waals surface area contributed by atoms with E-state index >= 15 is 0 Å². The first-order valence-corrected chi connectivity index (χ1v) is 13.9. The molecule has 1 fully saturated rings. The first kappa shape index (κ1) is 27.6. The second kappa shape index (κ2) is 13.9. The molecular formula is C29H35FN4O3S. The predicted octanol–water partition coefficient (Wildman–Crippen LogP) is 5.44. The van der Waals surface area contributed by atoms with Crippen LogP contribution in [0, 0.1) is 5.82 Å². The molecule has 0 atom stereocenters. The fraction of sp³-hybridized carbons (Fsp3) is 0.379. The number of benzene rings is 2. The molecule has 2 heterocycles. The summed E-state index contributed by atoms with van der Waals surface area (Å²) in [6, 6.07) is 17.1. The number of nitrogens with zero attached hydrogens (tertiary/aromatic N) is 3. The molecule has 0 spiro atoms. The minimum atomic E-state index is -0.345. The summed E-state index contributed by atoms with van der Waals surface area (Å²) in [5.41, 5.74) is 1.40. The van der Waals surface area contributed by atoms with Gasteiger partial charge in [-0.15, -0.1) is 11.3 Å². The maximum absolute atomic E-state index is 13.7. The van der Waals surface area contributed by atoms with Gasteiger partial charge in [-0.3, -0.25) is 4.79 Å². The van der Waals surface area contributed by atoms with Gasteiger partial charge in [0.05, 0.1) is 18.8 Å². The molecule has 2 aromatic carbocycles. The van der Waals surface area contributed by atoms with Crippen LogP contribution in [0.2, 0.25) is 0 Å². The number of nitrogens with one attached hydrogen (secondary N) is 1. The van der Waals surface area contributed by atoms with Gasteiger partial charge in [0.15, 0.2) is 0 Å². The van der Waals surface area contributed by atoms with Crippen LogP contribution < -0.4 is 10.1 Å². The summed E-state index contributed by atoms with van der Waals surface area (Å²) in [6.07, 6.45) is 2.30. The molecule has 3 amide bonds. The Morgan fingerprint density at radius 3 is 2.47 bits per heavy atom. The summed E-state index contributed by atoms with van der Waals surface area (Å²) >= 11 is 1.57. The number of hydrogen-bond acceptors (Lipinski definition) is 5. The van der Waals surface area contributed by atoms with Crippen molar-refractivity contribution in [1.29, 1.82) is 0 Å². The van der Waals surface area contributed by atoms with Crippen molar-refractivity contribution in [2.45, 2.75) is 32.9 Å². The van der Waals surface area contributed by atoms with Crippen molar-refractivity contribution in [3.05, 3.63) is 82.3 Å². The van der Waals surface area contributed by atoms with E-state index in [1.165, 1.54) is 12.1 Å². The van der Waals surface area contributed by atoms with Crippen LogP contribution >= 0.6 is 11.3 Å². The monoisotopic (exact) mass is 538 g/mol. The molecule has 0 aliphatic carbocycles. The Labute approximate surface area is 227 Å². The molecule has 38 heavy (non-hydrogen) atoms. The molecule has 0 bridgehead atoms. The lowest BCUT2D eigenvalue weighted by Crippen LogP contribution is -2.46. The number of halogens is 1. The van der Waals surface area contributed by atoms with Crippen LogP contribution in [0.15, 0.2) is 66.0 Å². The Morgan fingerprint density at radius 1 is 1.00 bits per heavy atom. The molecule has 1 saturated heterocycles. The Morgan fingerprint density at radius 2 is 1.76 bits per heavy atom. The van der Waals surface area contributed by atoms with Crippen molar-refractivity contribution in [3.63, 3.8) is 0 Å². The maximum Gasteiger partial charge on any atom is 0.322 e. The van der Waals surface area contributed by atoms with E-state index in [0.717, 1.165) is 36.4 Å². The number of amides is 3. The van der Waals surface area contributed by atoms with Crippen LogP contribution in [-0.4, -0.2) is 66.0 Å². The zero-order valence-corrected chi connectivity index (χ0v) is 22.6. The van der Waals surface area contributed by atoms with Gasteiger partial charge in [-0.1, -0.05) is 30.3 Å². The lowest BCUT2D eigenvalue weighted by molar-refractivity contribution is -0.133. The average molecular weight is 539 g/mol. The summed E-state index contributed by atoms with van der Waals surface area (Å²) in [7, 11) is 0. The Balaban J connectivity index is 1.50. The molecule has 7 nitrogen and oxygen atoms in total. The van der Waals surface area contributed by atoms with E-state index in [1.807, 2.05) is 42.6 Å². The summed E-state index contributed by atoms with van der Waals surface area (Å²) in [6.45, 7) is 6.19. The van der Waals surface area contributed by atoms with Gasteiger partial charge in [-0.25, -0.2) is 9.18 Å². The highest BCUT2D eigenvalue weighted by atomic mass is 32.1. The van der Waals surface area contributed by atoms with Crippen LogP contribution in [0.3, 0.4) is 0 Å². The third-order valence-electron chi connectivity index (χ3n) is 6.49. The summed E-state index contributed by atoms with van der Waals surface area (Å²) in [5.74, 6) is 0.101. The highest BCUT2D eigenvalue weighted by molar-refractivity contribution is 7.09. The van der Waals surface area contributed by atoms with Crippen LogP contribution in [0.1, 0.15) is 30.2 Å². The van der Waals surface area contributed by atoms with E-state index in [-0.39, 0.29) is 24.3 Å². The van der Waals surface area contributed by atoms with E-state index in [2.05, 4.69) is 10.2 Å². The smallest absolute Gasteiger partial charge is 0.322 e. The van der Waals surface area contributed by atoms with Crippen LogP contribution in [-0.2, 0) is 17.9 Å². The van der Waals surface area contributed by atoms with Crippen molar-refractivity contribution < 1.29 is 18.7 Å². The second-order valence-electron chi connectivity index (χ2n) is 9.29. The van der Waals surface area contributed by atoms with Gasteiger partial charge in [-0.05, 0) is 74.1 Å². The molecule has 0 radical (unpaired) electrons. The van der Waals surface area contributed by atoms with Crippen LogP contribution in [0.25, 0.3) is 0 Å². The van der Waals surface area contributed by atoms with E-state index in [0.29, 0.717) is 44.2 Å². The number of rotatable bonds is 12. The highest BCUT2D eigenvalue weighted by Gasteiger charge is 2.24. The van der Waals surface area contributed by atoms with Gasteiger partial charge in [0, 0.05) is 24.5 Å². The lowest BCUT2D eigenvalue weighted by Gasteiger charge is -2.29. The minimum absolute atomic E-state index is 0.0664. The van der Waals surface area contributed by atoms with Crippen LogP contribution in [0.4, 0.5) is 14.9 Å². The molecule has 0 unspecified atom stereocenters. The van der Waals surface area contributed by atoms with E-state index < -0.39 is 0 Å². The van der Waals surface area contributed by atoms with Crippen molar-refractivity contribution in [2.24, 2.45) is 0 Å². The number of hydrogen-bond donors (Lipinski definition) is 1. The molecule has 202 valence electrons. The molecule has 1 N–H and O–H groups in total. The molecule has 1 aromatic heterocycles. The van der Waals surface area contributed by atoms with Gasteiger partial charge in [0.25, 0.3) is 0 Å². The minimum Gasteiger partial charge on any atom is -0.492 e. The normalized spacial score (nSPS) is 13.3. The number of thiophene rings is 1. The topological polar surface area (TPSA) is 65.1 Å². The third-order valence-corrected chi connectivity index (χ3v) is 7.35. The largest absolute Gasteiger partial charge is 0.492 e. The lowest BCUT2D eigenvalue weighted by atomic mass is 10.2. The number of ether oxygens (including phenoxy) is 1. The van der Waals surface area contributed by atoms with Crippen molar-refractivity contribution in [1.82, 2.24) is 14.7 Å². The first-order valence-electron chi connectivity index (χ1n) is 13.1. The molecule has 4 rings (SSSR count). The van der Waals surface area contributed by atoms with Gasteiger partial charge in [0.2, 0.25) is 5.91 Å². The van der Waals surface area contributed by atoms with Crippen molar-refractivity contribution in [3.8, 4) is 5.75 Å². The number of anilines is 1. The van der Waals surface area contributed by atoms with Crippen LogP contribution in [0.5, 0.6) is 5.75 Å².